The first-order valence-corrected chi connectivity index (χ1v) is 10.6. The number of likely N-dealkylation sites (N-methyl/N-ethyl adjacent to an activating group) is 1. The first kappa shape index (κ1) is 26.4. The number of aliphatic imine (C=N–C) groups is 1. The predicted octanol–water partition coefficient (Wildman–Crippen LogP) is 3.72. The molecule has 0 aliphatic rings. The van der Waals surface area contributed by atoms with Crippen molar-refractivity contribution in [2.24, 2.45) is 12.0 Å². The van der Waals surface area contributed by atoms with E-state index in [-0.39, 0.29) is 24.0 Å². The Kier molecular flexibility index (Phi) is 10.4. The van der Waals surface area contributed by atoms with Gasteiger partial charge in [-0.15, -0.1) is 34.2 Å². The van der Waals surface area contributed by atoms with Crippen molar-refractivity contribution in [3.05, 3.63) is 71.3 Å². The van der Waals surface area contributed by atoms with Gasteiger partial charge in [0.15, 0.2) is 11.8 Å². The van der Waals surface area contributed by atoms with E-state index in [1.165, 1.54) is 5.56 Å². The maximum Gasteiger partial charge on any atom is 0.194 e. The van der Waals surface area contributed by atoms with Crippen LogP contribution in [0.4, 0.5) is 0 Å². The van der Waals surface area contributed by atoms with E-state index in [2.05, 4.69) is 27.3 Å². The molecule has 0 radical (unpaired) electrons. The summed E-state index contributed by atoms with van der Waals surface area (Å²) in [5, 5.41) is 11.8. The molecule has 0 saturated heterocycles. The Bertz CT molecular complexity index is 1020. The second-order valence-corrected chi connectivity index (χ2v) is 7.65. The normalized spacial score (nSPS) is 11.0. The summed E-state index contributed by atoms with van der Waals surface area (Å²) in [5.41, 5.74) is 2.31. The molecule has 1 heterocycles. The van der Waals surface area contributed by atoms with E-state index >= 15 is 0 Å². The summed E-state index contributed by atoms with van der Waals surface area (Å²) in [6.07, 6.45) is 0. The molecular weight excluding hydrogens is 531 g/mol. The van der Waals surface area contributed by atoms with Crippen molar-refractivity contribution in [2.75, 3.05) is 27.3 Å². The SMILES string of the molecule is COc1ccc(CN=C(NCc2nnc(C)n2C)N(C)CCOc2ccc(C)cc2)cc1.I. The molecule has 8 nitrogen and oxygen atoms in total. The lowest BCUT2D eigenvalue weighted by molar-refractivity contribution is 0.281. The highest BCUT2D eigenvalue weighted by molar-refractivity contribution is 14.0. The number of benzene rings is 2. The summed E-state index contributed by atoms with van der Waals surface area (Å²) in [4.78, 5) is 6.87. The average Bonchev–Trinajstić information content (AvgIpc) is 3.13. The summed E-state index contributed by atoms with van der Waals surface area (Å²) >= 11 is 0. The van der Waals surface area contributed by atoms with Gasteiger partial charge in [-0.2, -0.15) is 0 Å². The zero-order valence-corrected chi connectivity index (χ0v) is 22.2. The topological polar surface area (TPSA) is 76.8 Å². The van der Waals surface area contributed by atoms with Crippen LogP contribution in [-0.4, -0.2) is 52.9 Å². The van der Waals surface area contributed by atoms with Gasteiger partial charge in [-0.25, -0.2) is 4.99 Å². The van der Waals surface area contributed by atoms with E-state index in [0.717, 1.165) is 34.7 Å². The Hall–Kier alpha value is -2.82. The number of hydrogen-bond donors (Lipinski definition) is 1. The van der Waals surface area contributed by atoms with E-state index in [1.54, 1.807) is 7.11 Å². The average molecular weight is 564 g/mol. The van der Waals surface area contributed by atoms with Gasteiger partial charge in [0.1, 0.15) is 23.9 Å². The quantitative estimate of drug-likeness (QED) is 0.243. The Morgan fingerprint density at radius 1 is 1.03 bits per heavy atom. The third kappa shape index (κ3) is 7.92. The maximum atomic E-state index is 5.89. The molecule has 0 aliphatic heterocycles. The van der Waals surface area contributed by atoms with Crippen LogP contribution in [0.2, 0.25) is 0 Å². The Morgan fingerprint density at radius 3 is 2.30 bits per heavy atom. The first-order chi connectivity index (χ1) is 15.5. The van der Waals surface area contributed by atoms with Crippen LogP contribution in [-0.2, 0) is 20.1 Å². The summed E-state index contributed by atoms with van der Waals surface area (Å²) in [7, 11) is 5.62. The molecule has 33 heavy (non-hydrogen) atoms. The van der Waals surface area contributed by atoms with E-state index in [0.29, 0.717) is 26.2 Å². The Balaban J connectivity index is 0.00000385. The largest absolute Gasteiger partial charge is 0.497 e. The zero-order chi connectivity index (χ0) is 22.9. The summed E-state index contributed by atoms with van der Waals surface area (Å²) < 4.78 is 13.1. The van der Waals surface area contributed by atoms with E-state index < -0.39 is 0 Å². The van der Waals surface area contributed by atoms with Crippen molar-refractivity contribution >= 4 is 29.9 Å². The molecule has 1 N–H and O–H groups in total. The summed E-state index contributed by atoms with van der Waals surface area (Å²) in [6, 6.07) is 16.0. The zero-order valence-electron chi connectivity index (χ0n) is 19.9. The van der Waals surface area contributed by atoms with Gasteiger partial charge in [-0.1, -0.05) is 29.8 Å². The molecule has 2 aromatic carbocycles. The second kappa shape index (κ2) is 13.0. The Morgan fingerprint density at radius 2 is 1.70 bits per heavy atom. The molecule has 3 rings (SSSR count). The lowest BCUT2D eigenvalue weighted by Gasteiger charge is -2.22. The number of methoxy groups -OCH3 is 1. The molecule has 0 amide bonds. The molecule has 0 aliphatic carbocycles. The lowest BCUT2D eigenvalue weighted by atomic mass is 10.2. The third-order valence-corrected chi connectivity index (χ3v) is 5.24. The number of aryl methyl sites for hydroxylation is 2. The number of nitrogens with zero attached hydrogens (tertiary/aromatic N) is 5. The highest BCUT2D eigenvalue weighted by Gasteiger charge is 2.10. The number of rotatable bonds is 9. The van der Waals surface area contributed by atoms with Crippen molar-refractivity contribution < 1.29 is 9.47 Å². The molecule has 0 unspecified atom stereocenters. The third-order valence-electron chi connectivity index (χ3n) is 5.24. The van der Waals surface area contributed by atoms with Crippen LogP contribution in [0.1, 0.15) is 22.8 Å². The van der Waals surface area contributed by atoms with Crippen LogP contribution >= 0.6 is 24.0 Å². The molecule has 0 bridgehead atoms. The molecule has 0 fully saturated rings. The standard InChI is InChI=1S/C24H32N6O2.HI/c1-18-6-10-22(11-7-18)32-15-14-29(3)24(26-17-23-28-27-19(2)30(23)4)25-16-20-8-12-21(31-5)13-9-20;/h6-13H,14-17H2,1-5H3,(H,25,26);1H. The minimum Gasteiger partial charge on any atom is -0.497 e. The first-order valence-electron chi connectivity index (χ1n) is 10.6. The molecule has 0 saturated carbocycles. The van der Waals surface area contributed by atoms with Gasteiger partial charge in [0, 0.05) is 14.1 Å². The van der Waals surface area contributed by atoms with Gasteiger partial charge >= 0.3 is 0 Å². The van der Waals surface area contributed by atoms with E-state index in [4.69, 9.17) is 14.5 Å². The van der Waals surface area contributed by atoms with Crippen molar-refractivity contribution in [2.45, 2.75) is 26.9 Å². The smallest absolute Gasteiger partial charge is 0.194 e. The van der Waals surface area contributed by atoms with E-state index in [1.807, 2.05) is 74.1 Å². The minimum atomic E-state index is 0. The van der Waals surface area contributed by atoms with Crippen LogP contribution in [0.5, 0.6) is 11.5 Å². The summed E-state index contributed by atoms with van der Waals surface area (Å²) in [5.74, 6) is 4.19. The number of guanidine groups is 1. The fourth-order valence-electron chi connectivity index (χ4n) is 3.01. The van der Waals surface area contributed by atoms with Crippen LogP contribution < -0.4 is 14.8 Å². The lowest BCUT2D eigenvalue weighted by Crippen LogP contribution is -2.41. The van der Waals surface area contributed by atoms with Gasteiger partial charge in [0.2, 0.25) is 0 Å². The number of aromatic nitrogens is 3. The molecule has 178 valence electrons. The number of nitrogens with one attached hydrogen (secondary N) is 1. The van der Waals surface area contributed by atoms with Crippen LogP contribution in [0.25, 0.3) is 0 Å². The summed E-state index contributed by atoms with van der Waals surface area (Å²) in [6.45, 7) is 6.30. The fraction of sp³-hybridized carbons (Fsp3) is 0.375. The number of hydrogen-bond acceptors (Lipinski definition) is 5. The Labute approximate surface area is 213 Å². The maximum absolute atomic E-state index is 5.89. The van der Waals surface area contributed by atoms with Crippen molar-refractivity contribution in [1.82, 2.24) is 25.0 Å². The minimum absolute atomic E-state index is 0. The molecule has 9 heteroatoms. The van der Waals surface area contributed by atoms with Crippen molar-refractivity contribution in [3.8, 4) is 11.5 Å². The molecule has 0 spiro atoms. The van der Waals surface area contributed by atoms with Crippen molar-refractivity contribution in [3.63, 3.8) is 0 Å². The van der Waals surface area contributed by atoms with E-state index in [9.17, 15) is 0 Å². The number of halogens is 1. The van der Waals surface area contributed by atoms with Crippen LogP contribution in [0, 0.1) is 13.8 Å². The molecule has 3 aromatic rings. The molecule has 1 aromatic heterocycles. The van der Waals surface area contributed by atoms with Gasteiger partial charge < -0.3 is 24.3 Å². The highest BCUT2D eigenvalue weighted by Crippen LogP contribution is 2.13. The fourth-order valence-corrected chi connectivity index (χ4v) is 3.01. The monoisotopic (exact) mass is 564 g/mol. The molecular formula is C24H33IN6O2. The predicted molar refractivity (Wildman–Crippen MR) is 141 cm³/mol. The van der Waals surface area contributed by atoms with Gasteiger partial charge in [-0.05, 0) is 43.7 Å². The molecule has 0 atom stereocenters. The van der Waals surface area contributed by atoms with Gasteiger partial charge in [-0.3, -0.25) is 0 Å². The number of ether oxygens (including phenoxy) is 2. The second-order valence-electron chi connectivity index (χ2n) is 7.65. The van der Waals surface area contributed by atoms with Gasteiger partial charge in [0.25, 0.3) is 0 Å². The van der Waals surface area contributed by atoms with Crippen LogP contribution in [0.15, 0.2) is 53.5 Å². The van der Waals surface area contributed by atoms with Crippen LogP contribution in [0.3, 0.4) is 0 Å². The highest BCUT2D eigenvalue weighted by atomic mass is 127. The van der Waals surface area contributed by atoms with Crippen molar-refractivity contribution in [1.29, 1.82) is 0 Å². The van der Waals surface area contributed by atoms with Gasteiger partial charge in [0.05, 0.1) is 26.7 Å².